The van der Waals surface area contributed by atoms with Crippen molar-refractivity contribution in [2.45, 2.75) is 13.8 Å². The number of carbonyl (C=O) groups is 1. The molecule has 0 unspecified atom stereocenters. The van der Waals surface area contributed by atoms with Crippen LogP contribution in [0.4, 0.5) is 11.4 Å². The van der Waals surface area contributed by atoms with Gasteiger partial charge in [-0.05, 0) is 43.2 Å². The second kappa shape index (κ2) is 5.18. The molecule has 21 heavy (non-hydrogen) atoms. The minimum absolute atomic E-state index is 0.194. The molecule has 0 aliphatic heterocycles. The summed E-state index contributed by atoms with van der Waals surface area (Å²) in [5.74, 6) is -0.194. The van der Waals surface area contributed by atoms with Gasteiger partial charge in [0.05, 0.1) is 5.69 Å². The molecule has 1 aromatic carbocycles. The molecule has 0 atom stereocenters. The number of rotatable bonds is 2. The van der Waals surface area contributed by atoms with Gasteiger partial charge in [-0.1, -0.05) is 12.1 Å². The Hall–Kier alpha value is -2.40. The Bertz CT molecular complexity index is 839. The number of hydrogen-bond donors (Lipinski definition) is 2. The number of aryl methyl sites for hydroxylation is 2. The second-order valence-electron chi connectivity index (χ2n) is 4.98. The van der Waals surface area contributed by atoms with Crippen LogP contribution < -0.4 is 11.1 Å². The highest BCUT2D eigenvalue weighted by molar-refractivity contribution is 7.21. The second-order valence-corrected chi connectivity index (χ2v) is 5.98. The molecular weight excluding hydrogens is 282 g/mol. The average Bonchev–Trinajstić information content (AvgIpc) is 2.77. The van der Waals surface area contributed by atoms with Crippen molar-refractivity contribution < 1.29 is 4.79 Å². The van der Waals surface area contributed by atoms with Crippen molar-refractivity contribution in [2.75, 3.05) is 11.1 Å². The van der Waals surface area contributed by atoms with Crippen LogP contribution in [0, 0.1) is 13.8 Å². The van der Waals surface area contributed by atoms with Crippen molar-refractivity contribution in [1.29, 1.82) is 0 Å². The van der Waals surface area contributed by atoms with E-state index in [1.54, 1.807) is 6.20 Å². The maximum absolute atomic E-state index is 12.4. The number of aromatic nitrogens is 1. The van der Waals surface area contributed by atoms with Crippen LogP contribution >= 0.6 is 11.3 Å². The van der Waals surface area contributed by atoms with E-state index in [-0.39, 0.29) is 5.91 Å². The summed E-state index contributed by atoms with van der Waals surface area (Å²) in [6.45, 7) is 3.95. The number of nitrogens with two attached hydrogens (primary N) is 1. The van der Waals surface area contributed by atoms with E-state index >= 15 is 0 Å². The molecule has 0 aliphatic rings. The zero-order valence-electron chi connectivity index (χ0n) is 11.8. The number of fused-ring (bicyclic) bond motifs is 1. The molecule has 0 radical (unpaired) electrons. The summed E-state index contributed by atoms with van der Waals surface area (Å²) >= 11 is 1.32. The monoisotopic (exact) mass is 297 g/mol. The van der Waals surface area contributed by atoms with E-state index in [4.69, 9.17) is 5.73 Å². The molecule has 0 saturated heterocycles. The SMILES string of the molecule is Cc1cccc(NC(=O)c2sc3nccc(C)c3c2N)c1. The molecule has 3 N–H and O–H groups in total. The third-order valence-electron chi connectivity index (χ3n) is 3.32. The maximum Gasteiger partial charge on any atom is 0.267 e. The van der Waals surface area contributed by atoms with Crippen LogP contribution in [0.1, 0.15) is 20.8 Å². The van der Waals surface area contributed by atoms with Crippen molar-refractivity contribution in [2.24, 2.45) is 0 Å². The molecule has 0 fully saturated rings. The first-order chi connectivity index (χ1) is 10.1. The summed E-state index contributed by atoms with van der Waals surface area (Å²) in [6.07, 6.45) is 1.73. The molecule has 0 aliphatic carbocycles. The Balaban J connectivity index is 1.99. The summed E-state index contributed by atoms with van der Waals surface area (Å²) in [7, 11) is 0. The number of anilines is 2. The zero-order chi connectivity index (χ0) is 15.0. The van der Waals surface area contributed by atoms with Gasteiger partial charge in [0.1, 0.15) is 9.71 Å². The number of nitrogens with one attached hydrogen (secondary N) is 1. The van der Waals surface area contributed by atoms with Crippen molar-refractivity contribution in [3.05, 3.63) is 52.5 Å². The van der Waals surface area contributed by atoms with Crippen molar-refractivity contribution in [1.82, 2.24) is 4.98 Å². The quantitative estimate of drug-likeness (QED) is 0.757. The average molecular weight is 297 g/mol. The number of pyridine rings is 1. The van der Waals surface area contributed by atoms with Crippen molar-refractivity contribution >= 4 is 38.8 Å². The minimum Gasteiger partial charge on any atom is -0.397 e. The lowest BCUT2D eigenvalue weighted by Crippen LogP contribution is -2.12. The van der Waals surface area contributed by atoms with Gasteiger partial charge in [-0.3, -0.25) is 4.79 Å². The van der Waals surface area contributed by atoms with Crippen LogP contribution in [-0.2, 0) is 0 Å². The number of benzene rings is 1. The first-order valence-electron chi connectivity index (χ1n) is 6.58. The van der Waals surface area contributed by atoms with Crippen LogP contribution in [0.25, 0.3) is 10.2 Å². The van der Waals surface area contributed by atoms with Gasteiger partial charge in [0.2, 0.25) is 0 Å². The third-order valence-corrected chi connectivity index (χ3v) is 4.43. The van der Waals surface area contributed by atoms with E-state index in [9.17, 15) is 4.79 Å². The summed E-state index contributed by atoms with van der Waals surface area (Å²) in [5, 5.41) is 3.76. The van der Waals surface area contributed by atoms with E-state index in [1.807, 2.05) is 44.2 Å². The van der Waals surface area contributed by atoms with Gasteiger partial charge in [0, 0.05) is 17.3 Å². The Morgan fingerprint density at radius 2 is 2.10 bits per heavy atom. The Labute approximate surface area is 126 Å². The molecule has 0 spiro atoms. The van der Waals surface area contributed by atoms with Crippen LogP contribution in [0.2, 0.25) is 0 Å². The highest BCUT2D eigenvalue weighted by Crippen LogP contribution is 2.34. The molecule has 0 bridgehead atoms. The normalized spacial score (nSPS) is 10.8. The summed E-state index contributed by atoms with van der Waals surface area (Å²) in [6, 6.07) is 9.57. The molecular formula is C16H15N3OS. The van der Waals surface area contributed by atoms with Crippen LogP contribution in [0.5, 0.6) is 0 Å². The lowest BCUT2D eigenvalue weighted by Gasteiger charge is -2.05. The fraction of sp³-hybridized carbons (Fsp3) is 0.125. The predicted molar refractivity (Wildman–Crippen MR) is 87.9 cm³/mol. The van der Waals surface area contributed by atoms with E-state index in [2.05, 4.69) is 10.3 Å². The number of carbonyl (C=O) groups excluding carboxylic acids is 1. The van der Waals surface area contributed by atoms with Gasteiger partial charge < -0.3 is 11.1 Å². The highest BCUT2D eigenvalue weighted by Gasteiger charge is 2.18. The fourth-order valence-electron chi connectivity index (χ4n) is 2.28. The van der Waals surface area contributed by atoms with Gasteiger partial charge in [-0.2, -0.15) is 0 Å². The molecule has 0 saturated carbocycles. The van der Waals surface area contributed by atoms with E-state index in [1.165, 1.54) is 11.3 Å². The summed E-state index contributed by atoms with van der Waals surface area (Å²) in [5.41, 5.74) is 9.53. The molecule has 3 rings (SSSR count). The van der Waals surface area contributed by atoms with Gasteiger partial charge in [0.25, 0.3) is 5.91 Å². The molecule has 2 aromatic heterocycles. The van der Waals surface area contributed by atoms with Gasteiger partial charge >= 0.3 is 0 Å². The number of hydrogen-bond acceptors (Lipinski definition) is 4. The molecule has 3 aromatic rings. The van der Waals surface area contributed by atoms with E-state index < -0.39 is 0 Å². The third kappa shape index (κ3) is 2.48. The Morgan fingerprint density at radius 3 is 2.81 bits per heavy atom. The number of nitrogen functional groups attached to an aromatic ring is 1. The first-order valence-corrected chi connectivity index (χ1v) is 7.39. The first kappa shape index (κ1) is 13.6. The number of nitrogens with zero attached hydrogens (tertiary/aromatic N) is 1. The predicted octanol–water partition coefficient (Wildman–Crippen LogP) is 3.75. The lowest BCUT2D eigenvalue weighted by molar-refractivity contribution is 0.103. The van der Waals surface area contributed by atoms with E-state index in [0.717, 1.165) is 27.0 Å². The molecule has 2 heterocycles. The van der Waals surface area contributed by atoms with Gasteiger partial charge in [-0.15, -0.1) is 11.3 Å². The minimum atomic E-state index is -0.194. The lowest BCUT2D eigenvalue weighted by atomic mass is 10.1. The molecule has 106 valence electrons. The summed E-state index contributed by atoms with van der Waals surface area (Å²) in [4.78, 5) is 18.0. The van der Waals surface area contributed by atoms with Crippen molar-refractivity contribution in [3.63, 3.8) is 0 Å². The van der Waals surface area contributed by atoms with Crippen LogP contribution in [0.15, 0.2) is 36.5 Å². The van der Waals surface area contributed by atoms with Crippen LogP contribution in [0.3, 0.4) is 0 Å². The van der Waals surface area contributed by atoms with E-state index in [0.29, 0.717) is 10.6 Å². The Morgan fingerprint density at radius 1 is 1.29 bits per heavy atom. The van der Waals surface area contributed by atoms with Crippen LogP contribution in [-0.4, -0.2) is 10.9 Å². The molecule has 4 nitrogen and oxygen atoms in total. The molecule has 1 amide bonds. The fourth-order valence-corrected chi connectivity index (χ4v) is 3.32. The largest absolute Gasteiger partial charge is 0.397 e. The smallest absolute Gasteiger partial charge is 0.267 e. The van der Waals surface area contributed by atoms with Gasteiger partial charge in [0.15, 0.2) is 0 Å². The summed E-state index contributed by atoms with van der Waals surface area (Å²) < 4.78 is 0. The number of thiophene rings is 1. The maximum atomic E-state index is 12.4. The number of amides is 1. The van der Waals surface area contributed by atoms with Gasteiger partial charge in [-0.25, -0.2) is 4.98 Å². The Kier molecular flexibility index (Phi) is 3.35. The van der Waals surface area contributed by atoms with Crippen molar-refractivity contribution in [3.8, 4) is 0 Å². The molecule has 5 heteroatoms. The highest BCUT2D eigenvalue weighted by atomic mass is 32.1. The standard InChI is InChI=1S/C16H15N3OS/c1-9-4-3-5-11(8-9)19-15(20)14-13(17)12-10(2)6-7-18-16(12)21-14/h3-8H,17H2,1-2H3,(H,19,20). The topological polar surface area (TPSA) is 68.0 Å². The zero-order valence-corrected chi connectivity index (χ0v) is 12.6.